The van der Waals surface area contributed by atoms with Gasteiger partial charge in [0.25, 0.3) is 5.69 Å². The Kier molecular flexibility index (Phi) is 4.29. The van der Waals surface area contributed by atoms with Crippen molar-refractivity contribution >= 4 is 22.6 Å². The van der Waals surface area contributed by atoms with E-state index in [4.69, 9.17) is 4.74 Å². The Balaban J connectivity index is 2.23. The predicted octanol–water partition coefficient (Wildman–Crippen LogP) is 4.31. The summed E-state index contributed by atoms with van der Waals surface area (Å²) in [4.78, 5) is 26.1. The van der Waals surface area contributed by atoms with E-state index in [1.54, 1.807) is 6.07 Å². The van der Waals surface area contributed by atoms with Crippen LogP contribution in [-0.4, -0.2) is 22.5 Å². The van der Waals surface area contributed by atoms with Crippen LogP contribution >= 0.6 is 0 Å². The fourth-order valence-corrected chi connectivity index (χ4v) is 2.62. The van der Waals surface area contributed by atoms with E-state index < -0.39 is 10.9 Å². The average molecular weight is 324 g/mol. The number of aromatic amines is 1. The van der Waals surface area contributed by atoms with Gasteiger partial charge in [0.05, 0.1) is 11.5 Å². The van der Waals surface area contributed by atoms with Gasteiger partial charge in [-0.05, 0) is 18.1 Å². The van der Waals surface area contributed by atoms with Crippen LogP contribution in [0, 0.1) is 10.1 Å². The Morgan fingerprint density at radius 1 is 1.21 bits per heavy atom. The number of hydrogen-bond acceptors (Lipinski definition) is 4. The largest absolute Gasteiger partial charge is 0.461 e. The summed E-state index contributed by atoms with van der Waals surface area (Å²) in [5.74, 6) is -0.463. The smallest absolute Gasteiger partial charge is 0.355 e. The maximum absolute atomic E-state index is 12.4. The molecule has 1 N–H and O–H groups in total. The number of fused-ring (bicyclic) bond motifs is 1. The third kappa shape index (κ3) is 2.86. The summed E-state index contributed by atoms with van der Waals surface area (Å²) in [5.41, 5.74) is 2.36. The van der Waals surface area contributed by atoms with E-state index in [0.29, 0.717) is 28.8 Å². The molecular weight excluding hydrogens is 308 g/mol. The summed E-state index contributed by atoms with van der Waals surface area (Å²) >= 11 is 0. The number of benzene rings is 2. The summed E-state index contributed by atoms with van der Waals surface area (Å²) in [7, 11) is 0. The number of aromatic nitrogens is 1. The van der Waals surface area contributed by atoms with Crippen LogP contribution in [0.15, 0.2) is 48.5 Å². The molecule has 24 heavy (non-hydrogen) atoms. The number of nitro groups is 1. The standard InChI is InChI=1S/C18H16N2O4/c1-2-10-24-18(21)17-16(12-6-4-3-5-7-12)14-11-13(20(22)23)8-9-15(14)19-17/h3-9,11,19H,2,10H2,1H3. The second kappa shape index (κ2) is 6.54. The van der Waals surface area contributed by atoms with Gasteiger partial charge < -0.3 is 9.72 Å². The average Bonchev–Trinajstić information content (AvgIpc) is 2.99. The van der Waals surface area contributed by atoms with Gasteiger partial charge in [-0.25, -0.2) is 4.79 Å². The van der Waals surface area contributed by atoms with Crippen molar-refractivity contribution in [2.75, 3.05) is 6.61 Å². The lowest BCUT2D eigenvalue weighted by Crippen LogP contribution is -2.07. The lowest BCUT2D eigenvalue weighted by molar-refractivity contribution is -0.384. The summed E-state index contributed by atoms with van der Waals surface area (Å²) in [6, 6.07) is 13.8. The minimum atomic E-state index is -0.463. The molecule has 0 aliphatic rings. The Hall–Kier alpha value is -3.15. The van der Waals surface area contributed by atoms with E-state index in [1.807, 2.05) is 37.3 Å². The fourth-order valence-electron chi connectivity index (χ4n) is 2.62. The molecule has 0 atom stereocenters. The Morgan fingerprint density at radius 2 is 1.96 bits per heavy atom. The number of carbonyl (C=O) groups is 1. The number of carbonyl (C=O) groups excluding carboxylic acids is 1. The second-order valence-electron chi connectivity index (χ2n) is 5.36. The van der Waals surface area contributed by atoms with Crippen molar-refractivity contribution < 1.29 is 14.5 Å². The summed E-state index contributed by atoms with van der Waals surface area (Å²) < 4.78 is 5.24. The molecule has 0 saturated heterocycles. The van der Waals surface area contributed by atoms with Gasteiger partial charge in [0.2, 0.25) is 0 Å². The molecule has 122 valence electrons. The molecule has 0 radical (unpaired) electrons. The van der Waals surface area contributed by atoms with E-state index in [9.17, 15) is 14.9 Å². The quantitative estimate of drug-likeness (QED) is 0.430. The number of rotatable bonds is 5. The Morgan fingerprint density at radius 3 is 2.62 bits per heavy atom. The van der Waals surface area contributed by atoms with Crippen LogP contribution in [0.25, 0.3) is 22.0 Å². The lowest BCUT2D eigenvalue weighted by atomic mass is 10.0. The van der Waals surface area contributed by atoms with Crippen molar-refractivity contribution in [3.8, 4) is 11.1 Å². The number of esters is 1. The number of non-ortho nitro benzene ring substituents is 1. The fraction of sp³-hybridized carbons (Fsp3) is 0.167. The highest BCUT2D eigenvalue weighted by Gasteiger charge is 2.22. The highest BCUT2D eigenvalue weighted by molar-refractivity contribution is 6.08. The van der Waals surface area contributed by atoms with Gasteiger partial charge in [-0.2, -0.15) is 0 Å². The van der Waals surface area contributed by atoms with Crippen molar-refractivity contribution in [1.82, 2.24) is 4.98 Å². The third-order valence-electron chi connectivity index (χ3n) is 3.70. The van der Waals surface area contributed by atoms with Gasteiger partial charge in [-0.1, -0.05) is 37.3 Å². The molecule has 0 aliphatic carbocycles. The van der Waals surface area contributed by atoms with Crippen molar-refractivity contribution in [2.24, 2.45) is 0 Å². The van der Waals surface area contributed by atoms with Crippen molar-refractivity contribution in [3.63, 3.8) is 0 Å². The summed E-state index contributed by atoms with van der Waals surface area (Å²) in [6.45, 7) is 2.24. The topological polar surface area (TPSA) is 85.2 Å². The molecule has 0 bridgehead atoms. The maximum atomic E-state index is 12.4. The molecule has 3 aromatic rings. The molecule has 2 aromatic carbocycles. The monoisotopic (exact) mass is 324 g/mol. The zero-order chi connectivity index (χ0) is 17.1. The lowest BCUT2D eigenvalue weighted by Gasteiger charge is -2.05. The number of nitrogens with one attached hydrogen (secondary N) is 1. The number of nitrogens with zero attached hydrogens (tertiary/aromatic N) is 1. The van der Waals surface area contributed by atoms with Gasteiger partial charge >= 0.3 is 5.97 Å². The van der Waals surface area contributed by atoms with Crippen LogP contribution in [0.5, 0.6) is 0 Å². The Bertz CT molecular complexity index is 900. The molecule has 6 heteroatoms. The van der Waals surface area contributed by atoms with Crippen LogP contribution in [0.2, 0.25) is 0 Å². The molecule has 1 aromatic heterocycles. The van der Waals surface area contributed by atoms with Gasteiger partial charge in [-0.3, -0.25) is 10.1 Å². The van der Waals surface area contributed by atoms with E-state index in [2.05, 4.69) is 4.98 Å². The van der Waals surface area contributed by atoms with Crippen molar-refractivity contribution in [3.05, 3.63) is 64.3 Å². The molecule has 3 rings (SSSR count). The molecule has 0 fully saturated rings. The molecule has 0 spiro atoms. The van der Waals surface area contributed by atoms with Gasteiger partial charge in [0, 0.05) is 28.6 Å². The van der Waals surface area contributed by atoms with Gasteiger partial charge in [0.15, 0.2) is 0 Å². The molecular formula is C18H16N2O4. The summed E-state index contributed by atoms with van der Waals surface area (Å²) in [5, 5.41) is 11.7. The molecule has 1 heterocycles. The maximum Gasteiger partial charge on any atom is 0.355 e. The minimum Gasteiger partial charge on any atom is -0.461 e. The van der Waals surface area contributed by atoms with Crippen LogP contribution < -0.4 is 0 Å². The van der Waals surface area contributed by atoms with Crippen molar-refractivity contribution in [1.29, 1.82) is 0 Å². The van der Waals surface area contributed by atoms with E-state index in [-0.39, 0.29) is 5.69 Å². The van der Waals surface area contributed by atoms with Crippen LogP contribution in [0.4, 0.5) is 5.69 Å². The van der Waals surface area contributed by atoms with Crippen LogP contribution in [-0.2, 0) is 4.74 Å². The SMILES string of the molecule is CCCOC(=O)c1[nH]c2ccc([N+](=O)[O-])cc2c1-c1ccccc1. The molecule has 0 saturated carbocycles. The molecule has 0 aliphatic heterocycles. The Labute approximate surface area is 138 Å². The van der Waals surface area contributed by atoms with Crippen LogP contribution in [0.3, 0.4) is 0 Å². The second-order valence-corrected chi connectivity index (χ2v) is 5.36. The first kappa shape index (κ1) is 15.7. The van der Waals surface area contributed by atoms with E-state index in [0.717, 1.165) is 12.0 Å². The van der Waals surface area contributed by atoms with Crippen molar-refractivity contribution in [2.45, 2.75) is 13.3 Å². The highest BCUT2D eigenvalue weighted by Crippen LogP contribution is 2.34. The molecule has 0 amide bonds. The van der Waals surface area contributed by atoms with Gasteiger partial charge in [-0.15, -0.1) is 0 Å². The molecule has 0 unspecified atom stereocenters. The zero-order valence-electron chi connectivity index (χ0n) is 13.1. The van der Waals surface area contributed by atoms with E-state index in [1.165, 1.54) is 12.1 Å². The zero-order valence-corrected chi connectivity index (χ0v) is 13.1. The first-order valence-electron chi connectivity index (χ1n) is 7.64. The highest BCUT2D eigenvalue weighted by atomic mass is 16.6. The predicted molar refractivity (Wildman–Crippen MR) is 91.0 cm³/mol. The minimum absolute atomic E-state index is 0.0212. The van der Waals surface area contributed by atoms with E-state index >= 15 is 0 Å². The first-order valence-corrected chi connectivity index (χ1v) is 7.64. The molecule has 6 nitrogen and oxygen atoms in total. The first-order chi connectivity index (χ1) is 11.6. The normalized spacial score (nSPS) is 10.7. The number of nitro benzene ring substituents is 1. The van der Waals surface area contributed by atoms with Gasteiger partial charge in [0.1, 0.15) is 5.69 Å². The summed E-state index contributed by atoms with van der Waals surface area (Å²) in [6.07, 6.45) is 0.720. The van der Waals surface area contributed by atoms with Crippen LogP contribution in [0.1, 0.15) is 23.8 Å². The number of hydrogen-bond donors (Lipinski definition) is 1. The third-order valence-corrected chi connectivity index (χ3v) is 3.70. The number of ether oxygens (including phenoxy) is 1. The number of H-pyrrole nitrogens is 1.